The lowest BCUT2D eigenvalue weighted by atomic mass is 9.99. The van der Waals surface area contributed by atoms with Crippen LogP contribution in [0, 0.1) is 11.7 Å². The summed E-state index contributed by atoms with van der Waals surface area (Å²) in [6, 6.07) is 12.2. The number of halogens is 1. The van der Waals surface area contributed by atoms with Gasteiger partial charge in [0, 0.05) is 47.4 Å². The number of aromatic nitrogens is 1. The molecule has 0 aliphatic rings. The summed E-state index contributed by atoms with van der Waals surface area (Å²) in [7, 11) is 1.72. The SMILES string of the molecule is CCC(CC(CC)NC(=NC)N=C(c1c[nH]c2ccccc12)C(C)C)NC(=O)c1ccc(N)c(F)c1. The zero-order valence-electron chi connectivity index (χ0n) is 21.7. The van der Waals surface area contributed by atoms with Crippen molar-refractivity contribution in [1.82, 2.24) is 15.6 Å². The molecule has 0 bridgehead atoms. The molecule has 0 spiro atoms. The van der Waals surface area contributed by atoms with Gasteiger partial charge in [0.1, 0.15) is 5.82 Å². The molecular formula is C28H37FN6O. The minimum atomic E-state index is -0.596. The molecule has 2 aromatic carbocycles. The number of benzene rings is 2. The number of nitrogens with two attached hydrogens (primary N) is 1. The number of rotatable bonds is 9. The van der Waals surface area contributed by atoms with Crippen molar-refractivity contribution in [3.8, 4) is 0 Å². The highest BCUT2D eigenvalue weighted by Crippen LogP contribution is 2.22. The van der Waals surface area contributed by atoms with Gasteiger partial charge in [0.15, 0.2) is 0 Å². The van der Waals surface area contributed by atoms with Gasteiger partial charge in [-0.05, 0) is 49.4 Å². The smallest absolute Gasteiger partial charge is 0.251 e. The Morgan fingerprint density at radius 3 is 2.42 bits per heavy atom. The molecular weight excluding hydrogens is 455 g/mol. The number of carbonyl (C=O) groups is 1. The highest BCUT2D eigenvalue weighted by molar-refractivity contribution is 6.15. The van der Waals surface area contributed by atoms with Gasteiger partial charge in [0.2, 0.25) is 5.96 Å². The third-order valence-corrected chi connectivity index (χ3v) is 6.34. The van der Waals surface area contributed by atoms with Gasteiger partial charge < -0.3 is 21.4 Å². The molecule has 36 heavy (non-hydrogen) atoms. The zero-order valence-corrected chi connectivity index (χ0v) is 21.7. The molecule has 192 valence electrons. The number of guanidine groups is 1. The molecule has 0 fully saturated rings. The number of aliphatic imine (C=N–C) groups is 2. The van der Waals surface area contributed by atoms with Gasteiger partial charge in [-0.3, -0.25) is 9.79 Å². The Morgan fingerprint density at radius 1 is 1.08 bits per heavy atom. The van der Waals surface area contributed by atoms with Crippen LogP contribution in [0.5, 0.6) is 0 Å². The Hall–Kier alpha value is -3.68. The summed E-state index contributed by atoms with van der Waals surface area (Å²) >= 11 is 0. The minimum absolute atomic E-state index is 0.0224. The van der Waals surface area contributed by atoms with Crippen molar-refractivity contribution >= 4 is 34.2 Å². The lowest BCUT2D eigenvalue weighted by molar-refractivity contribution is 0.0931. The quantitative estimate of drug-likeness (QED) is 0.185. The first-order valence-electron chi connectivity index (χ1n) is 12.5. The number of nitrogens with zero attached hydrogens (tertiary/aromatic N) is 2. The summed E-state index contributed by atoms with van der Waals surface area (Å²) in [5, 5.41) is 7.61. The molecule has 2 unspecified atom stereocenters. The predicted octanol–water partition coefficient (Wildman–Crippen LogP) is 5.29. The van der Waals surface area contributed by atoms with Crippen molar-refractivity contribution in [3.05, 3.63) is 65.6 Å². The number of fused-ring (bicyclic) bond motifs is 1. The van der Waals surface area contributed by atoms with Crippen LogP contribution in [0.4, 0.5) is 10.1 Å². The number of carbonyl (C=O) groups excluding carboxylic acids is 1. The fourth-order valence-corrected chi connectivity index (χ4v) is 4.16. The van der Waals surface area contributed by atoms with Gasteiger partial charge in [-0.1, -0.05) is 45.9 Å². The highest BCUT2D eigenvalue weighted by atomic mass is 19.1. The van der Waals surface area contributed by atoms with Crippen molar-refractivity contribution in [2.45, 2.75) is 59.0 Å². The Bertz CT molecular complexity index is 1250. The van der Waals surface area contributed by atoms with E-state index in [0.717, 1.165) is 35.0 Å². The number of nitrogen functional groups attached to an aromatic ring is 1. The Balaban J connectivity index is 1.74. The lowest BCUT2D eigenvalue weighted by Crippen LogP contribution is -2.42. The predicted molar refractivity (Wildman–Crippen MR) is 147 cm³/mol. The average Bonchev–Trinajstić information content (AvgIpc) is 3.30. The van der Waals surface area contributed by atoms with Gasteiger partial charge in [0.05, 0.1) is 11.4 Å². The van der Waals surface area contributed by atoms with Gasteiger partial charge >= 0.3 is 0 Å². The standard InChI is InChI=1S/C28H37FN6O/c1-6-19(33-27(36)18-12-13-24(30)23(29)14-18)15-20(7-2)34-28(31-5)35-26(17(3)4)22-16-32-25-11-9-8-10-21(22)25/h8-14,16-17,19-20,32H,6-7,15,30H2,1-5H3,(H,31,34)(H,33,36). The molecule has 7 nitrogen and oxygen atoms in total. The first-order valence-corrected chi connectivity index (χ1v) is 12.5. The summed E-state index contributed by atoms with van der Waals surface area (Å²) in [6.07, 6.45) is 4.23. The van der Waals surface area contributed by atoms with Crippen LogP contribution in [0.15, 0.2) is 58.6 Å². The number of amides is 1. The maximum atomic E-state index is 13.8. The van der Waals surface area contributed by atoms with E-state index in [1.807, 2.05) is 25.3 Å². The molecule has 0 saturated heterocycles. The normalized spacial score (nSPS) is 14.2. The van der Waals surface area contributed by atoms with Crippen LogP contribution >= 0.6 is 0 Å². The van der Waals surface area contributed by atoms with Crippen LogP contribution < -0.4 is 16.4 Å². The van der Waals surface area contributed by atoms with E-state index < -0.39 is 5.82 Å². The fourth-order valence-electron chi connectivity index (χ4n) is 4.16. The topological polar surface area (TPSA) is 108 Å². The second-order valence-electron chi connectivity index (χ2n) is 9.25. The van der Waals surface area contributed by atoms with Crippen LogP contribution in [0.1, 0.15) is 62.9 Å². The van der Waals surface area contributed by atoms with E-state index in [1.165, 1.54) is 18.2 Å². The van der Waals surface area contributed by atoms with Crippen molar-refractivity contribution in [3.63, 3.8) is 0 Å². The first kappa shape index (κ1) is 26.9. The largest absolute Gasteiger partial charge is 0.396 e. The van der Waals surface area contributed by atoms with E-state index in [-0.39, 0.29) is 35.2 Å². The van der Waals surface area contributed by atoms with Crippen molar-refractivity contribution in [1.29, 1.82) is 0 Å². The summed E-state index contributed by atoms with van der Waals surface area (Å²) in [6.45, 7) is 8.34. The van der Waals surface area contributed by atoms with Crippen LogP contribution in [0.3, 0.4) is 0 Å². The molecule has 3 aromatic rings. The van der Waals surface area contributed by atoms with Crippen LogP contribution in [-0.2, 0) is 0 Å². The molecule has 2 atom stereocenters. The van der Waals surface area contributed by atoms with Crippen LogP contribution in [0.25, 0.3) is 10.9 Å². The summed E-state index contributed by atoms with van der Waals surface area (Å²) in [5.41, 5.74) is 8.88. The van der Waals surface area contributed by atoms with E-state index in [4.69, 9.17) is 10.7 Å². The van der Waals surface area contributed by atoms with Crippen LogP contribution in [-0.4, -0.2) is 41.7 Å². The number of anilines is 1. The van der Waals surface area contributed by atoms with Crippen molar-refractivity contribution in [2.75, 3.05) is 12.8 Å². The molecule has 5 N–H and O–H groups in total. The second kappa shape index (κ2) is 12.3. The molecule has 8 heteroatoms. The minimum Gasteiger partial charge on any atom is -0.396 e. The summed E-state index contributed by atoms with van der Waals surface area (Å²) in [5.74, 6) is -0.176. The van der Waals surface area contributed by atoms with Crippen molar-refractivity contribution < 1.29 is 9.18 Å². The summed E-state index contributed by atoms with van der Waals surface area (Å²) < 4.78 is 13.8. The molecule has 0 saturated carbocycles. The number of aromatic amines is 1. The Morgan fingerprint density at radius 2 is 1.78 bits per heavy atom. The highest BCUT2D eigenvalue weighted by Gasteiger charge is 2.20. The van der Waals surface area contributed by atoms with E-state index in [9.17, 15) is 9.18 Å². The molecule has 1 heterocycles. The number of hydrogen-bond acceptors (Lipinski definition) is 3. The van der Waals surface area contributed by atoms with Gasteiger partial charge in [-0.15, -0.1) is 0 Å². The Kier molecular flexibility index (Phi) is 9.22. The summed E-state index contributed by atoms with van der Waals surface area (Å²) in [4.78, 5) is 25.4. The lowest BCUT2D eigenvalue weighted by Gasteiger charge is -2.24. The monoisotopic (exact) mass is 492 g/mol. The third kappa shape index (κ3) is 6.50. The van der Waals surface area contributed by atoms with Gasteiger partial charge in [-0.25, -0.2) is 9.38 Å². The number of H-pyrrole nitrogens is 1. The van der Waals surface area contributed by atoms with E-state index in [1.54, 1.807) is 7.05 Å². The number of nitrogens with one attached hydrogen (secondary N) is 3. The van der Waals surface area contributed by atoms with Crippen molar-refractivity contribution in [2.24, 2.45) is 15.9 Å². The van der Waals surface area contributed by atoms with E-state index >= 15 is 0 Å². The Labute approximate surface area is 212 Å². The molecule has 1 amide bonds. The molecule has 3 rings (SSSR count). The van der Waals surface area contributed by atoms with E-state index in [2.05, 4.69) is 53.5 Å². The first-order chi connectivity index (χ1) is 17.3. The molecule has 1 aromatic heterocycles. The third-order valence-electron chi connectivity index (χ3n) is 6.34. The van der Waals surface area contributed by atoms with E-state index in [0.29, 0.717) is 12.4 Å². The zero-order chi connectivity index (χ0) is 26.2. The maximum Gasteiger partial charge on any atom is 0.251 e. The second-order valence-corrected chi connectivity index (χ2v) is 9.25. The molecule has 0 aliphatic heterocycles. The molecule has 0 radical (unpaired) electrons. The number of para-hydroxylation sites is 1. The van der Waals surface area contributed by atoms with Gasteiger partial charge in [0.25, 0.3) is 5.91 Å². The van der Waals surface area contributed by atoms with Gasteiger partial charge in [-0.2, -0.15) is 0 Å². The fraction of sp³-hybridized carbons (Fsp3) is 0.393. The van der Waals surface area contributed by atoms with Crippen LogP contribution in [0.2, 0.25) is 0 Å². The molecule has 0 aliphatic carbocycles. The average molecular weight is 493 g/mol. The number of hydrogen-bond donors (Lipinski definition) is 4. The maximum absolute atomic E-state index is 13.8.